The van der Waals surface area contributed by atoms with Gasteiger partial charge in [-0.3, -0.25) is 9.69 Å². The third-order valence-electron chi connectivity index (χ3n) is 5.29. The van der Waals surface area contributed by atoms with E-state index in [9.17, 15) is 18.0 Å². The first-order valence-corrected chi connectivity index (χ1v) is 9.11. The minimum absolute atomic E-state index is 0.113. The van der Waals surface area contributed by atoms with Crippen LogP contribution in [0, 0.1) is 5.92 Å². The van der Waals surface area contributed by atoms with E-state index in [1.54, 1.807) is 12.1 Å². The van der Waals surface area contributed by atoms with Crippen molar-refractivity contribution in [3.63, 3.8) is 0 Å². The largest absolute Gasteiger partial charge is 0.416 e. The maximum absolute atomic E-state index is 12.6. The zero-order valence-electron chi connectivity index (χ0n) is 14.4. The Bertz CT molecular complexity index is 571. The van der Waals surface area contributed by atoms with Crippen molar-refractivity contribution in [3.05, 3.63) is 35.4 Å². The van der Waals surface area contributed by atoms with E-state index in [0.717, 1.165) is 69.6 Å². The first-order chi connectivity index (χ1) is 11.9. The molecule has 1 aromatic carbocycles. The monoisotopic (exact) mass is 354 g/mol. The standard InChI is InChI=1S/C19H25F3N2O/c20-19(21,22)17-6-4-15(5-7-17)14-23-12-8-16(9-13-23)18(25)24-10-2-1-3-11-24/h4-7,16H,1-3,8-14H2. The van der Waals surface area contributed by atoms with E-state index in [1.165, 1.54) is 6.42 Å². The van der Waals surface area contributed by atoms with Gasteiger partial charge in [-0.15, -0.1) is 0 Å². The molecule has 0 saturated carbocycles. The Morgan fingerprint density at radius 2 is 1.56 bits per heavy atom. The molecule has 1 amide bonds. The van der Waals surface area contributed by atoms with Gasteiger partial charge >= 0.3 is 6.18 Å². The summed E-state index contributed by atoms with van der Waals surface area (Å²) in [7, 11) is 0. The first-order valence-electron chi connectivity index (χ1n) is 9.11. The van der Waals surface area contributed by atoms with Crippen LogP contribution in [0.5, 0.6) is 0 Å². The molecule has 0 N–H and O–H groups in total. The molecule has 0 aliphatic carbocycles. The quantitative estimate of drug-likeness (QED) is 0.821. The van der Waals surface area contributed by atoms with Crippen LogP contribution in [0.25, 0.3) is 0 Å². The Kier molecular flexibility index (Phi) is 5.67. The summed E-state index contributed by atoms with van der Waals surface area (Å²) in [5, 5.41) is 0. The van der Waals surface area contributed by atoms with Crippen LogP contribution >= 0.6 is 0 Å². The number of carbonyl (C=O) groups excluding carboxylic acids is 1. The Labute approximate surface area is 146 Å². The molecule has 2 saturated heterocycles. The average Bonchev–Trinajstić information content (AvgIpc) is 2.62. The van der Waals surface area contributed by atoms with Crippen LogP contribution < -0.4 is 0 Å². The second-order valence-electron chi connectivity index (χ2n) is 7.13. The number of amides is 1. The van der Waals surface area contributed by atoms with Gasteiger partial charge in [0.25, 0.3) is 0 Å². The molecular formula is C19H25F3N2O. The summed E-state index contributed by atoms with van der Waals surface area (Å²) < 4.78 is 37.8. The summed E-state index contributed by atoms with van der Waals surface area (Å²) in [6, 6.07) is 5.38. The lowest BCUT2D eigenvalue weighted by Gasteiger charge is -2.35. The van der Waals surface area contributed by atoms with Crippen LogP contribution in [-0.4, -0.2) is 41.9 Å². The summed E-state index contributed by atoms with van der Waals surface area (Å²) >= 11 is 0. The van der Waals surface area contributed by atoms with Crippen LogP contribution in [0.2, 0.25) is 0 Å². The summed E-state index contributed by atoms with van der Waals surface area (Å²) in [4.78, 5) is 16.8. The van der Waals surface area contributed by atoms with Crippen molar-refractivity contribution in [2.75, 3.05) is 26.2 Å². The summed E-state index contributed by atoms with van der Waals surface area (Å²) in [6.07, 6.45) is 0.837. The van der Waals surface area contributed by atoms with Crippen LogP contribution in [0.15, 0.2) is 24.3 Å². The maximum Gasteiger partial charge on any atom is 0.416 e. The van der Waals surface area contributed by atoms with Gasteiger partial charge in [0.15, 0.2) is 0 Å². The molecule has 138 valence electrons. The predicted octanol–water partition coefficient (Wildman–Crippen LogP) is 3.93. The topological polar surface area (TPSA) is 23.6 Å². The number of carbonyl (C=O) groups is 1. The lowest BCUT2D eigenvalue weighted by Crippen LogP contribution is -2.44. The third kappa shape index (κ3) is 4.75. The van der Waals surface area contributed by atoms with E-state index in [2.05, 4.69) is 4.90 Å². The second-order valence-corrected chi connectivity index (χ2v) is 7.13. The molecule has 0 spiro atoms. The molecule has 2 aliphatic rings. The van der Waals surface area contributed by atoms with E-state index in [0.29, 0.717) is 12.5 Å². The van der Waals surface area contributed by atoms with Crippen molar-refractivity contribution in [3.8, 4) is 0 Å². The third-order valence-corrected chi connectivity index (χ3v) is 5.29. The van der Waals surface area contributed by atoms with E-state index in [4.69, 9.17) is 0 Å². The number of halogens is 3. The van der Waals surface area contributed by atoms with Gasteiger partial charge < -0.3 is 4.90 Å². The molecule has 0 radical (unpaired) electrons. The number of likely N-dealkylation sites (tertiary alicyclic amines) is 2. The highest BCUT2D eigenvalue weighted by atomic mass is 19.4. The lowest BCUT2D eigenvalue weighted by molar-refractivity contribution is -0.138. The smallest absolute Gasteiger partial charge is 0.342 e. The van der Waals surface area contributed by atoms with Crippen molar-refractivity contribution < 1.29 is 18.0 Å². The van der Waals surface area contributed by atoms with Crippen molar-refractivity contribution in [2.24, 2.45) is 5.92 Å². The Balaban J connectivity index is 1.48. The van der Waals surface area contributed by atoms with Crippen molar-refractivity contribution in [1.82, 2.24) is 9.80 Å². The van der Waals surface area contributed by atoms with Crippen molar-refractivity contribution >= 4 is 5.91 Å². The summed E-state index contributed by atoms with van der Waals surface area (Å²) in [5.74, 6) is 0.413. The van der Waals surface area contributed by atoms with Crippen LogP contribution in [0.4, 0.5) is 13.2 Å². The molecule has 0 atom stereocenters. The Morgan fingerprint density at radius 1 is 0.960 bits per heavy atom. The fourth-order valence-electron chi connectivity index (χ4n) is 3.77. The van der Waals surface area contributed by atoms with Gasteiger partial charge in [0, 0.05) is 25.6 Å². The zero-order chi connectivity index (χ0) is 17.9. The van der Waals surface area contributed by atoms with Gasteiger partial charge in [0.2, 0.25) is 5.91 Å². The van der Waals surface area contributed by atoms with E-state index in [-0.39, 0.29) is 5.92 Å². The fraction of sp³-hybridized carbons (Fsp3) is 0.632. The van der Waals surface area contributed by atoms with Crippen molar-refractivity contribution in [1.29, 1.82) is 0 Å². The average molecular weight is 354 g/mol. The molecular weight excluding hydrogens is 329 g/mol. The van der Waals surface area contributed by atoms with Gasteiger partial charge in [0.05, 0.1) is 5.56 Å². The molecule has 25 heavy (non-hydrogen) atoms. The molecule has 3 nitrogen and oxygen atoms in total. The molecule has 3 rings (SSSR count). The number of hydrogen-bond donors (Lipinski definition) is 0. The Morgan fingerprint density at radius 3 is 2.12 bits per heavy atom. The number of benzene rings is 1. The number of piperidine rings is 2. The van der Waals surface area contributed by atoms with E-state index < -0.39 is 11.7 Å². The highest BCUT2D eigenvalue weighted by Crippen LogP contribution is 2.29. The minimum atomic E-state index is -4.29. The molecule has 1 aromatic rings. The van der Waals surface area contributed by atoms with Crippen LogP contribution in [0.1, 0.15) is 43.2 Å². The maximum atomic E-state index is 12.6. The molecule has 2 heterocycles. The van der Waals surface area contributed by atoms with Crippen molar-refractivity contribution in [2.45, 2.75) is 44.8 Å². The Hall–Kier alpha value is -1.56. The fourth-order valence-corrected chi connectivity index (χ4v) is 3.77. The van der Waals surface area contributed by atoms with Crippen LogP contribution in [0.3, 0.4) is 0 Å². The first kappa shape index (κ1) is 18.2. The van der Waals surface area contributed by atoms with Gasteiger partial charge in [0.1, 0.15) is 0 Å². The molecule has 6 heteroatoms. The SMILES string of the molecule is O=C(C1CCN(Cc2ccc(C(F)(F)F)cc2)CC1)N1CCCCC1. The lowest BCUT2D eigenvalue weighted by atomic mass is 9.94. The minimum Gasteiger partial charge on any atom is -0.342 e. The second kappa shape index (κ2) is 7.77. The van der Waals surface area contributed by atoms with Gasteiger partial charge in [-0.1, -0.05) is 12.1 Å². The highest BCUT2D eigenvalue weighted by molar-refractivity contribution is 5.79. The number of rotatable bonds is 3. The molecule has 2 fully saturated rings. The zero-order valence-corrected chi connectivity index (χ0v) is 14.4. The summed E-state index contributed by atoms with van der Waals surface area (Å²) in [6.45, 7) is 4.08. The molecule has 0 unspecified atom stereocenters. The van der Waals surface area contributed by atoms with E-state index >= 15 is 0 Å². The molecule has 2 aliphatic heterocycles. The van der Waals surface area contributed by atoms with Gasteiger partial charge in [-0.25, -0.2) is 0 Å². The van der Waals surface area contributed by atoms with Gasteiger partial charge in [-0.2, -0.15) is 13.2 Å². The van der Waals surface area contributed by atoms with Crippen LogP contribution in [-0.2, 0) is 17.5 Å². The van der Waals surface area contributed by atoms with Gasteiger partial charge in [-0.05, 0) is 62.9 Å². The molecule has 0 aromatic heterocycles. The number of alkyl halides is 3. The summed E-state index contributed by atoms with van der Waals surface area (Å²) in [5.41, 5.74) is 0.274. The highest BCUT2D eigenvalue weighted by Gasteiger charge is 2.31. The predicted molar refractivity (Wildman–Crippen MR) is 89.9 cm³/mol. The van der Waals surface area contributed by atoms with E-state index in [1.807, 2.05) is 4.90 Å². The number of nitrogens with zero attached hydrogens (tertiary/aromatic N) is 2. The molecule has 0 bridgehead atoms. The number of hydrogen-bond acceptors (Lipinski definition) is 2. The normalized spacial score (nSPS) is 20.7.